The van der Waals surface area contributed by atoms with Crippen LogP contribution in [0.4, 0.5) is 5.69 Å². The Kier molecular flexibility index (Phi) is 4.85. The summed E-state index contributed by atoms with van der Waals surface area (Å²) in [7, 11) is 0. The summed E-state index contributed by atoms with van der Waals surface area (Å²) in [5.74, 6) is -0.0203. The van der Waals surface area contributed by atoms with Gasteiger partial charge in [0.15, 0.2) is 0 Å². The van der Waals surface area contributed by atoms with Gasteiger partial charge in [-0.2, -0.15) is 0 Å². The Bertz CT molecular complexity index is 480. The second-order valence-electron chi connectivity index (χ2n) is 5.75. The maximum Gasteiger partial charge on any atom is 0.243 e. The molecule has 1 aromatic carbocycles. The number of hydrogen-bond donors (Lipinski definition) is 2. The molecule has 0 radical (unpaired) electrons. The minimum Gasteiger partial charge on any atom is -0.378 e. The van der Waals surface area contributed by atoms with E-state index < -0.39 is 0 Å². The maximum atomic E-state index is 12.2. The smallest absolute Gasteiger partial charge is 0.243 e. The first-order valence-electron chi connectivity index (χ1n) is 7.74. The van der Waals surface area contributed by atoms with Crippen LogP contribution in [0.25, 0.3) is 0 Å². The lowest BCUT2D eigenvalue weighted by Gasteiger charge is -2.23. The van der Waals surface area contributed by atoms with Gasteiger partial charge >= 0.3 is 0 Å². The number of ether oxygens (including phenoxy) is 1. The number of carbonyl (C=O) groups is 1. The van der Waals surface area contributed by atoms with Crippen molar-refractivity contribution in [2.75, 3.05) is 38.2 Å². The Morgan fingerprint density at radius 3 is 3.00 bits per heavy atom. The number of hydrogen-bond acceptors (Lipinski definition) is 4. The zero-order valence-corrected chi connectivity index (χ0v) is 12.3. The van der Waals surface area contributed by atoms with Crippen molar-refractivity contribution in [3.8, 4) is 0 Å². The fourth-order valence-electron chi connectivity index (χ4n) is 2.91. The minimum absolute atomic E-state index is 0.0203. The summed E-state index contributed by atoms with van der Waals surface area (Å²) in [6.07, 6.45) is 2.59. The molecule has 2 aliphatic rings. The van der Waals surface area contributed by atoms with Gasteiger partial charge in [-0.3, -0.25) is 9.69 Å². The van der Waals surface area contributed by atoms with Crippen LogP contribution >= 0.6 is 0 Å². The topological polar surface area (TPSA) is 53.6 Å². The van der Waals surface area contributed by atoms with Gasteiger partial charge in [-0.15, -0.1) is 0 Å². The summed E-state index contributed by atoms with van der Waals surface area (Å²) in [6, 6.07) is 7.89. The highest BCUT2D eigenvalue weighted by atomic mass is 16.5. The molecule has 0 aliphatic carbocycles. The molecule has 1 aromatic rings. The van der Waals surface area contributed by atoms with E-state index in [0.717, 1.165) is 18.8 Å². The second kappa shape index (κ2) is 7.02. The Morgan fingerprint density at radius 1 is 1.38 bits per heavy atom. The van der Waals surface area contributed by atoms with Crippen LogP contribution in [-0.2, 0) is 16.1 Å². The van der Waals surface area contributed by atoms with Crippen LogP contribution in [-0.4, -0.2) is 49.7 Å². The molecule has 2 N–H and O–H groups in total. The standard InChI is InChI=1S/C16H23N3O2/c20-16(15-12-21-9-6-17-15)18-14-5-3-4-13(10-14)11-19-7-1-2-8-19/h3-5,10,15,17H,1-2,6-9,11-12H2,(H,18,20). The highest BCUT2D eigenvalue weighted by Gasteiger charge is 2.21. The Balaban J connectivity index is 1.58. The molecule has 0 spiro atoms. The van der Waals surface area contributed by atoms with Gasteiger partial charge in [-0.1, -0.05) is 12.1 Å². The summed E-state index contributed by atoms with van der Waals surface area (Å²) < 4.78 is 5.32. The van der Waals surface area contributed by atoms with E-state index >= 15 is 0 Å². The predicted molar refractivity (Wildman–Crippen MR) is 82.2 cm³/mol. The SMILES string of the molecule is O=C(Nc1cccc(CN2CCCC2)c1)C1COCCN1. The average Bonchev–Trinajstić information content (AvgIpc) is 3.01. The predicted octanol–water partition coefficient (Wildman–Crippen LogP) is 1.21. The van der Waals surface area contributed by atoms with Crippen molar-refractivity contribution in [1.29, 1.82) is 0 Å². The molecule has 2 heterocycles. The lowest BCUT2D eigenvalue weighted by Crippen LogP contribution is -2.48. The molecule has 1 unspecified atom stereocenters. The molecular formula is C16H23N3O2. The number of nitrogens with zero attached hydrogens (tertiary/aromatic N) is 1. The van der Waals surface area contributed by atoms with Gasteiger partial charge in [-0.05, 0) is 43.6 Å². The van der Waals surface area contributed by atoms with E-state index in [4.69, 9.17) is 4.74 Å². The van der Waals surface area contributed by atoms with Crippen LogP contribution in [0.1, 0.15) is 18.4 Å². The molecule has 1 amide bonds. The third-order valence-corrected chi connectivity index (χ3v) is 4.04. The van der Waals surface area contributed by atoms with Gasteiger partial charge in [0.25, 0.3) is 0 Å². The first-order chi connectivity index (χ1) is 10.3. The summed E-state index contributed by atoms with van der Waals surface area (Å²) in [4.78, 5) is 14.6. The van der Waals surface area contributed by atoms with Gasteiger partial charge in [0.1, 0.15) is 6.04 Å². The summed E-state index contributed by atoms with van der Waals surface area (Å²) in [5, 5.41) is 6.14. The number of rotatable bonds is 4. The van der Waals surface area contributed by atoms with E-state index in [9.17, 15) is 4.79 Å². The number of likely N-dealkylation sites (tertiary alicyclic amines) is 1. The zero-order chi connectivity index (χ0) is 14.5. The first kappa shape index (κ1) is 14.5. The quantitative estimate of drug-likeness (QED) is 0.875. The number of amides is 1. The zero-order valence-electron chi connectivity index (χ0n) is 12.3. The minimum atomic E-state index is -0.249. The number of carbonyl (C=O) groups excluding carboxylic acids is 1. The van der Waals surface area contributed by atoms with Crippen molar-refractivity contribution in [2.24, 2.45) is 0 Å². The molecule has 1 atom stereocenters. The molecule has 21 heavy (non-hydrogen) atoms. The number of nitrogens with one attached hydrogen (secondary N) is 2. The molecule has 2 aliphatic heterocycles. The van der Waals surface area contributed by atoms with Crippen molar-refractivity contribution in [1.82, 2.24) is 10.2 Å². The third kappa shape index (κ3) is 4.03. The normalized spacial score (nSPS) is 23.1. The van der Waals surface area contributed by atoms with Crippen LogP contribution in [0.2, 0.25) is 0 Å². The van der Waals surface area contributed by atoms with Gasteiger partial charge in [0, 0.05) is 18.8 Å². The van der Waals surface area contributed by atoms with Crippen LogP contribution in [0.3, 0.4) is 0 Å². The molecule has 5 nitrogen and oxygen atoms in total. The lowest BCUT2D eigenvalue weighted by molar-refractivity contribution is -0.120. The molecular weight excluding hydrogens is 266 g/mol. The summed E-state index contributed by atoms with van der Waals surface area (Å²) in [6.45, 7) is 5.18. The van der Waals surface area contributed by atoms with Crippen LogP contribution in [0, 0.1) is 0 Å². The number of benzene rings is 1. The van der Waals surface area contributed by atoms with Crippen molar-refractivity contribution in [2.45, 2.75) is 25.4 Å². The van der Waals surface area contributed by atoms with E-state index in [-0.39, 0.29) is 11.9 Å². The molecule has 3 rings (SSSR count). The van der Waals surface area contributed by atoms with E-state index in [1.54, 1.807) is 0 Å². The van der Waals surface area contributed by atoms with Crippen molar-refractivity contribution in [3.05, 3.63) is 29.8 Å². The lowest BCUT2D eigenvalue weighted by atomic mass is 10.1. The Hall–Kier alpha value is -1.43. The molecule has 2 fully saturated rings. The van der Waals surface area contributed by atoms with Crippen molar-refractivity contribution < 1.29 is 9.53 Å². The van der Waals surface area contributed by atoms with E-state index in [1.807, 2.05) is 12.1 Å². The molecule has 5 heteroatoms. The number of anilines is 1. The maximum absolute atomic E-state index is 12.2. The molecule has 0 bridgehead atoms. The first-order valence-corrected chi connectivity index (χ1v) is 7.74. The highest BCUT2D eigenvalue weighted by Crippen LogP contribution is 2.16. The Morgan fingerprint density at radius 2 is 2.24 bits per heavy atom. The fraction of sp³-hybridized carbons (Fsp3) is 0.562. The summed E-state index contributed by atoms with van der Waals surface area (Å²) >= 11 is 0. The molecule has 0 aromatic heterocycles. The Labute approximate surface area is 125 Å². The van der Waals surface area contributed by atoms with E-state index in [1.165, 1.54) is 31.5 Å². The van der Waals surface area contributed by atoms with Gasteiger partial charge in [0.2, 0.25) is 5.91 Å². The molecule has 0 saturated carbocycles. The van der Waals surface area contributed by atoms with Crippen LogP contribution in [0.5, 0.6) is 0 Å². The third-order valence-electron chi connectivity index (χ3n) is 4.04. The average molecular weight is 289 g/mol. The van der Waals surface area contributed by atoms with Gasteiger partial charge in [-0.25, -0.2) is 0 Å². The van der Waals surface area contributed by atoms with E-state index in [0.29, 0.717) is 13.2 Å². The molecule has 114 valence electrons. The summed E-state index contributed by atoms with van der Waals surface area (Å²) in [5.41, 5.74) is 2.12. The van der Waals surface area contributed by atoms with Crippen LogP contribution < -0.4 is 10.6 Å². The largest absolute Gasteiger partial charge is 0.378 e. The molecule has 2 saturated heterocycles. The number of morpholine rings is 1. The monoisotopic (exact) mass is 289 g/mol. The van der Waals surface area contributed by atoms with Crippen molar-refractivity contribution in [3.63, 3.8) is 0 Å². The second-order valence-corrected chi connectivity index (χ2v) is 5.75. The van der Waals surface area contributed by atoms with Gasteiger partial charge in [0.05, 0.1) is 13.2 Å². The van der Waals surface area contributed by atoms with Crippen molar-refractivity contribution >= 4 is 11.6 Å². The fourth-order valence-corrected chi connectivity index (χ4v) is 2.91. The van der Waals surface area contributed by atoms with Gasteiger partial charge < -0.3 is 15.4 Å². The van der Waals surface area contributed by atoms with Crippen LogP contribution in [0.15, 0.2) is 24.3 Å². The highest BCUT2D eigenvalue weighted by molar-refractivity contribution is 5.95. The van der Waals surface area contributed by atoms with E-state index in [2.05, 4.69) is 27.7 Å².